The molecule has 0 aliphatic heterocycles. The predicted octanol–water partition coefficient (Wildman–Crippen LogP) is 4.00. The van der Waals surface area contributed by atoms with E-state index in [2.05, 4.69) is 55.6 Å². The Hall–Kier alpha value is -1.08. The minimum atomic E-state index is 0.459. The van der Waals surface area contributed by atoms with Crippen LogP contribution in [0.1, 0.15) is 43.4 Å². The van der Waals surface area contributed by atoms with E-state index in [1.807, 2.05) is 0 Å². The maximum Gasteiger partial charge on any atom is 0.0292 e. The number of nitrogens with one attached hydrogen (secondary N) is 1. The van der Waals surface area contributed by atoms with Crippen LogP contribution in [0.4, 0.5) is 0 Å². The Balaban J connectivity index is 1.84. The van der Waals surface area contributed by atoms with Crippen molar-refractivity contribution >= 4 is 0 Å². The van der Waals surface area contributed by atoms with E-state index in [1.54, 1.807) is 0 Å². The smallest absolute Gasteiger partial charge is 0.0292 e. The molecule has 2 atom stereocenters. The van der Waals surface area contributed by atoms with Crippen LogP contribution < -0.4 is 5.32 Å². The second kappa shape index (κ2) is 6.02. The fourth-order valence-electron chi connectivity index (χ4n) is 2.44. The molecule has 17 heavy (non-hydrogen) atoms. The second-order valence-corrected chi connectivity index (χ2v) is 5.19. The third-order valence-electron chi connectivity index (χ3n) is 3.63. The fourth-order valence-corrected chi connectivity index (χ4v) is 2.44. The van der Waals surface area contributed by atoms with E-state index in [0.717, 1.165) is 12.5 Å². The van der Waals surface area contributed by atoms with Gasteiger partial charge in [-0.1, -0.05) is 42.0 Å². The van der Waals surface area contributed by atoms with Gasteiger partial charge in [0.1, 0.15) is 0 Å². The van der Waals surface area contributed by atoms with Gasteiger partial charge in [-0.05, 0) is 51.1 Å². The van der Waals surface area contributed by atoms with E-state index in [-0.39, 0.29) is 0 Å². The first kappa shape index (κ1) is 12.4. The van der Waals surface area contributed by atoms with Gasteiger partial charge in [0.05, 0.1) is 0 Å². The Labute approximate surface area is 105 Å². The molecule has 1 aromatic rings. The summed E-state index contributed by atoms with van der Waals surface area (Å²) in [4.78, 5) is 0. The van der Waals surface area contributed by atoms with Crippen LogP contribution in [0.25, 0.3) is 0 Å². The quantitative estimate of drug-likeness (QED) is 0.769. The van der Waals surface area contributed by atoms with Crippen LogP contribution >= 0.6 is 0 Å². The van der Waals surface area contributed by atoms with Gasteiger partial charge in [0.25, 0.3) is 0 Å². The highest BCUT2D eigenvalue weighted by atomic mass is 14.9. The molecule has 0 saturated heterocycles. The van der Waals surface area contributed by atoms with Crippen LogP contribution in [0, 0.1) is 12.8 Å². The van der Waals surface area contributed by atoms with E-state index >= 15 is 0 Å². The van der Waals surface area contributed by atoms with Crippen LogP contribution in [0.15, 0.2) is 36.4 Å². The summed E-state index contributed by atoms with van der Waals surface area (Å²) in [5, 5.41) is 3.66. The van der Waals surface area contributed by atoms with Crippen molar-refractivity contribution in [2.24, 2.45) is 5.92 Å². The predicted molar refractivity (Wildman–Crippen MR) is 74.1 cm³/mol. The molecule has 92 valence electrons. The molecule has 1 aromatic carbocycles. The third-order valence-corrected chi connectivity index (χ3v) is 3.63. The topological polar surface area (TPSA) is 12.0 Å². The summed E-state index contributed by atoms with van der Waals surface area (Å²) in [5.41, 5.74) is 2.74. The van der Waals surface area contributed by atoms with Gasteiger partial charge >= 0.3 is 0 Å². The first-order valence-electron chi connectivity index (χ1n) is 6.70. The highest BCUT2D eigenvalue weighted by molar-refractivity contribution is 5.24. The maximum absolute atomic E-state index is 3.66. The summed E-state index contributed by atoms with van der Waals surface area (Å²) in [6, 6.07) is 9.25. The minimum Gasteiger partial charge on any atom is -0.310 e. The molecule has 1 heteroatoms. The number of benzene rings is 1. The summed E-state index contributed by atoms with van der Waals surface area (Å²) in [5.74, 6) is 0.826. The highest BCUT2D eigenvalue weighted by Crippen LogP contribution is 2.19. The zero-order chi connectivity index (χ0) is 12.1. The van der Waals surface area contributed by atoms with Gasteiger partial charge in [-0.25, -0.2) is 0 Å². The lowest BCUT2D eigenvalue weighted by atomic mass is 9.94. The average Bonchev–Trinajstić information content (AvgIpc) is 2.37. The van der Waals surface area contributed by atoms with Crippen molar-refractivity contribution in [1.82, 2.24) is 5.32 Å². The van der Waals surface area contributed by atoms with E-state index < -0.39 is 0 Å². The molecule has 2 rings (SSSR count). The van der Waals surface area contributed by atoms with E-state index in [0.29, 0.717) is 6.04 Å². The van der Waals surface area contributed by atoms with Gasteiger partial charge in [-0.15, -0.1) is 0 Å². The molecular formula is C16H23N. The Kier molecular flexibility index (Phi) is 4.38. The normalized spacial score (nSPS) is 21.4. The van der Waals surface area contributed by atoms with Crippen molar-refractivity contribution in [3.63, 3.8) is 0 Å². The average molecular weight is 229 g/mol. The third kappa shape index (κ3) is 3.71. The van der Waals surface area contributed by atoms with E-state index in [1.165, 1.54) is 30.4 Å². The Bertz CT molecular complexity index is 381. The van der Waals surface area contributed by atoms with Crippen molar-refractivity contribution in [1.29, 1.82) is 0 Å². The zero-order valence-corrected chi connectivity index (χ0v) is 10.9. The molecule has 1 aliphatic carbocycles. The minimum absolute atomic E-state index is 0.459. The molecule has 0 fully saturated rings. The molecule has 0 aromatic heterocycles. The Morgan fingerprint density at radius 1 is 1.35 bits per heavy atom. The molecule has 0 amide bonds. The van der Waals surface area contributed by atoms with Crippen LogP contribution in [0.5, 0.6) is 0 Å². The monoisotopic (exact) mass is 229 g/mol. The van der Waals surface area contributed by atoms with Crippen LogP contribution in [0.3, 0.4) is 0 Å². The van der Waals surface area contributed by atoms with Gasteiger partial charge in [0.2, 0.25) is 0 Å². The molecule has 0 bridgehead atoms. The maximum atomic E-state index is 3.66. The number of allylic oxidation sites excluding steroid dienone is 2. The standard InChI is InChI=1S/C16H23N/c1-13-7-6-10-16(11-13)14(2)17-12-15-8-4-3-5-9-15/h3-4,6-7,10-11,14-15,17H,5,8-9,12H2,1-2H3/t14-,15?/m1/s1. The van der Waals surface area contributed by atoms with Gasteiger partial charge in [0, 0.05) is 6.04 Å². The molecule has 1 N–H and O–H groups in total. The van der Waals surface area contributed by atoms with Gasteiger partial charge < -0.3 is 5.32 Å². The summed E-state index contributed by atoms with van der Waals surface area (Å²) >= 11 is 0. The number of hydrogen-bond donors (Lipinski definition) is 1. The number of aryl methyl sites for hydroxylation is 1. The molecule has 1 aliphatic rings. The summed E-state index contributed by atoms with van der Waals surface area (Å²) in [7, 11) is 0. The van der Waals surface area contributed by atoms with Crippen molar-refractivity contribution in [2.75, 3.05) is 6.54 Å². The van der Waals surface area contributed by atoms with E-state index in [9.17, 15) is 0 Å². The lowest BCUT2D eigenvalue weighted by molar-refractivity contribution is 0.415. The Morgan fingerprint density at radius 3 is 2.94 bits per heavy atom. The molecule has 1 unspecified atom stereocenters. The van der Waals surface area contributed by atoms with Crippen molar-refractivity contribution < 1.29 is 0 Å². The second-order valence-electron chi connectivity index (χ2n) is 5.19. The first-order chi connectivity index (χ1) is 8.25. The van der Waals surface area contributed by atoms with Gasteiger partial charge in [-0.3, -0.25) is 0 Å². The van der Waals surface area contributed by atoms with Gasteiger partial charge in [0.15, 0.2) is 0 Å². The van der Waals surface area contributed by atoms with Crippen molar-refractivity contribution in [2.45, 2.75) is 39.2 Å². The zero-order valence-electron chi connectivity index (χ0n) is 10.9. The molecule has 0 spiro atoms. The highest BCUT2D eigenvalue weighted by Gasteiger charge is 2.11. The van der Waals surface area contributed by atoms with Crippen LogP contribution in [-0.4, -0.2) is 6.54 Å². The van der Waals surface area contributed by atoms with Gasteiger partial charge in [-0.2, -0.15) is 0 Å². The molecule has 0 saturated carbocycles. The van der Waals surface area contributed by atoms with E-state index in [4.69, 9.17) is 0 Å². The molecule has 0 heterocycles. The molecular weight excluding hydrogens is 206 g/mol. The number of rotatable bonds is 4. The molecule has 1 nitrogen and oxygen atoms in total. The SMILES string of the molecule is Cc1cccc([C@@H](C)NCC2CC=CCC2)c1. The first-order valence-corrected chi connectivity index (χ1v) is 6.70. The lowest BCUT2D eigenvalue weighted by Gasteiger charge is -2.21. The summed E-state index contributed by atoms with van der Waals surface area (Å²) in [6.07, 6.45) is 8.47. The largest absolute Gasteiger partial charge is 0.310 e. The number of hydrogen-bond acceptors (Lipinski definition) is 1. The summed E-state index contributed by atoms with van der Waals surface area (Å²) < 4.78 is 0. The summed E-state index contributed by atoms with van der Waals surface area (Å²) in [6.45, 7) is 5.55. The van der Waals surface area contributed by atoms with Crippen LogP contribution in [0.2, 0.25) is 0 Å². The van der Waals surface area contributed by atoms with Crippen molar-refractivity contribution in [3.05, 3.63) is 47.5 Å². The van der Waals surface area contributed by atoms with Crippen molar-refractivity contribution in [3.8, 4) is 0 Å². The fraction of sp³-hybridized carbons (Fsp3) is 0.500. The van der Waals surface area contributed by atoms with Crippen LogP contribution in [-0.2, 0) is 0 Å². The Morgan fingerprint density at radius 2 is 2.24 bits per heavy atom. The molecule has 0 radical (unpaired) electrons. The lowest BCUT2D eigenvalue weighted by Crippen LogP contribution is -2.26.